The van der Waals surface area contributed by atoms with Gasteiger partial charge in [0, 0.05) is 18.2 Å². The predicted octanol–water partition coefficient (Wildman–Crippen LogP) is 1.39. The van der Waals surface area contributed by atoms with E-state index in [1.165, 1.54) is 6.33 Å². The molecule has 1 rings (SSSR count). The fraction of sp³-hybridized carbons (Fsp3) is 0.400. The van der Waals surface area contributed by atoms with Crippen LogP contribution in [0.4, 0.5) is 0 Å². The maximum Gasteiger partial charge on any atom is 0.217 e. The molecule has 0 fully saturated rings. The number of nitrogens with zero attached hydrogens (tertiary/aromatic N) is 2. The van der Waals surface area contributed by atoms with Gasteiger partial charge in [-0.25, -0.2) is 9.97 Å². The van der Waals surface area contributed by atoms with E-state index in [1.54, 1.807) is 19.9 Å². The van der Waals surface area contributed by atoms with Crippen molar-refractivity contribution in [3.05, 3.63) is 23.3 Å². The van der Waals surface area contributed by atoms with Crippen molar-refractivity contribution in [1.29, 1.82) is 0 Å². The van der Waals surface area contributed by atoms with Gasteiger partial charge in [-0.3, -0.25) is 0 Å². The van der Waals surface area contributed by atoms with E-state index in [2.05, 4.69) is 15.4 Å². The standard InChI is InChI=1S/C10H15N3O2/c1-4-13-15-7(2)5-9-8(3)10(14)12-6-11-9/h5-6,13H,4H2,1-3H3,(H,11,12,14)/b7-5+. The van der Waals surface area contributed by atoms with Crippen LogP contribution in [0.3, 0.4) is 0 Å². The van der Waals surface area contributed by atoms with Crippen molar-refractivity contribution in [2.45, 2.75) is 20.8 Å². The number of hydroxylamine groups is 1. The maximum atomic E-state index is 9.35. The molecule has 1 aromatic heterocycles. The van der Waals surface area contributed by atoms with Crippen LogP contribution >= 0.6 is 0 Å². The van der Waals surface area contributed by atoms with E-state index in [0.717, 1.165) is 6.54 Å². The minimum Gasteiger partial charge on any atom is -0.493 e. The largest absolute Gasteiger partial charge is 0.493 e. The van der Waals surface area contributed by atoms with Crippen LogP contribution in [0, 0.1) is 6.92 Å². The molecule has 0 bridgehead atoms. The second kappa shape index (κ2) is 5.31. The van der Waals surface area contributed by atoms with Gasteiger partial charge in [0.1, 0.15) is 12.1 Å². The van der Waals surface area contributed by atoms with Crippen LogP contribution in [-0.4, -0.2) is 21.6 Å². The molecule has 15 heavy (non-hydrogen) atoms. The summed E-state index contributed by atoms with van der Waals surface area (Å²) in [6.45, 7) is 6.22. The molecule has 1 aromatic rings. The molecule has 1 heterocycles. The first kappa shape index (κ1) is 11.5. The first-order valence-electron chi connectivity index (χ1n) is 4.73. The third kappa shape index (κ3) is 3.21. The van der Waals surface area contributed by atoms with E-state index >= 15 is 0 Å². The van der Waals surface area contributed by atoms with Crippen LogP contribution in [0.1, 0.15) is 25.1 Å². The van der Waals surface area contributed by atoms with E-state index in [9.17, 15) is 5.11 Å². The summed E-state index contributed by atoms with van der Waals surface area (Å²) in [5.74, 6) is 0.672. The molecular weight excluding hydrogens is 194 g/mol. The van der Waals surface area contributed by atoms with Crippen molar-refractivity contribution >= 4 is 6.08 Å². The summed E-state index contributed by atoms with van der Waals surface area (Å²) in [4.78, 5) is 12.9. The Balaban J connectivity index is 2.83. The summed E-state index contributed by atoms with van der Waals surface area (Å²) in [5, 5.41) is 9.35. The lowest BCUT2D eigenvalue weighted by atomic mass is 10.2. The highest BCUT2D eigenvalue weighted by Gasteiger charge is 2.03. The molecule has 0 spiro atoms. The van der Waals surface area contributed by atoms with Crippen LogP contribution < -0.4 is 5.48 Å². The van der Waals surface area contributed by atoms with Gasteiger partial charge in [-0.2, -0.15) is 5.48 Å². The zero-order valence-electron chi connectivity index (χ0n) is 9.11. The van der Waals surface area contributed by atoms with Crippen LogP contribution in [-0.2, 0) is 4.84 Å². The quantitative estimate of drug-likeness (QED) is 0.579. The lowest BCUT2D eigenvalue weighted by molar-refractivity contribution is 0.114. The molecule has 0 aliphatic heterocycles. The van der Waals surface area contributed by atoms with Gasteiger partial charge in [0.2, 0.25) is 5.88 Å². The Morgan fingerprint density at radius 1 is 1.60 bits per heavy atom. The number of rotatable bonds is 4. The predicted molar refractivity (Wildman–Crippen MR) is 56.8 cm³/mol. The molecule has 5 nitrogen and oxygen atoms in total. The first-order chi connectivity index (χ1) is 7.15. The third-order valence-electron chi connectivity index (χ3n) is 1.81. The Bertz CT molecular complexity index is 364. The number of aromatic nitrogens is 2. The minimum absolute atomic E-state index is 0.00694. The van der Waals surface area contributed by atoms with Gasteiger partial charge >= 0.3 is 0 Å². The monoisotopic (exact) mass is 209 g/mol. The van der Waals surface area contributed by atoms with Crippen LogP contribution in [0.25, 0.3) is 6.08 Å². The van der Waals surface area contributed by atoms with Crippen molar-refractivity contribution in [1.82, 2.24) is 15.4 Å². The first-order valence-corrected chi connectivity index (χ1v) is 4.73. The molecule has 82 valence electrons. The normalized spacial score (nSPS) is 11.5. The Morgan fingerprint density at radius 3 is 3.00 bits per heavy atom. The Morgan fingerprint density at radius 2 is 2.33 bits per heavy atom. The van der Waals surface area contributed by atoms with Gasteiger partial charge < -0.3 is 9.94 Å². The number of hydrogen-bond acceptors (Lipinski definition) is 5. The molecular formula is C10H15N3O2. The number of allylic oxidation sites excluding steroid dienone is 1. The minimum atomic E-state index is -0.00694. The van der Waals surface area contributed by atoms with Gasteiger partial charge in [0.15, 0.2) is 0 Å². The van der Waals surface area contributed by atoms with Gasteiger partial charge in [-0.15, -0.1) is 0 Å². The number of aromatic hydroxyl groups is 1. The lowest BCUT2D eigenvalue weighted by Gasteiger charge is -2.05. The lowest BCUT2D eigenvalue weighted by Crippen LogP contribution is -2.11. The van der Waals surface area contributed by atoms with E-state index in [0.29, 0.717) is 17.0 Å². The zero-order valence-corrected chi connectivity index (χ0v) is 9.11. The molecule has 0 unspecified atom stereocenters. The average molecular weight is 209 g/mol. The van der Waals surface area contributed by atoms with Crippen molar-refractivity contribution in [3.63, 3.8) is 0 Å². The molecule has 0 aliphatic carbocycles. The maximum absolute atomic E-state index is 9.35. The molecule has 0 saturated carbocycles. The van der Waals surface area contributed by atoms with Crippen molar-refractivity contribution in [3.8, 4) is 5.88 Å². The summed E-state index contributed by atoms with van der Waals surface area (Å²) >= 11 is 0. The molecule has 0 amide bonds. The Labute approximate surface area is 88.8 Å². The molecule has 0 atom stereocenters. The van der Waals surface area contributed by atoms with Gasteiger partial charge in [0.25, 0.3) is 0 Å². The fourth-order valence-corrected chi connectivity index (χ4v) is 1.01. The van der Waals surface area contributed by atoms with Crippen LogP contribution in [0.15, 0.2) is 12.1 Å². The summed E-state index contributed by atoms with van der Waals surface area (Å²) < 4.78 is 0. The van der Waals surface area contributed by atoms with Crippen LogP contribution in [0.2, 0.25) is 0 Å². The molecule has 0 aromatic carbocycles. The number of hydrogen-bond donors (Lipinski definition) is 2. The highest BCUT2D eigenvalue weighted by molar-refractivity contribution is 5.52. The molecule has 2 N–H and O–H groups in total. The highest BCUT2D eigenvalue weighted by Crippen LogP contribution is 2.16. The van der Waals surface area contributed by atoms with E-state index < -0.39 is 0 Å². The topological polar surface area (TPSA) is 67.3 Å². The zero-order chi connectivity index (χ0) is 11.3. The summed E-state index contributed by atoms with van der Waals surface area (Å²) in [7, 11) is 0. The molecule has 0 aliphatic rings. The fourth-order valence-electron chi connectivity index (χ4n) is 1.01. The van der Waals surface area contributed by atoms with E-state index in [4.69, 9.17) is 4.84 Å². The third-order valence-corrected chi connectivity index (χ3v) is 1.81. The molecule has 0 radical (unpaired) electrons. The summed E-state index contributed by atoms with van der Waals surface area (Å²) in [5.41, 5.74) is 4.02. The molecule has 5 heteroatoms. The second-order valence-corrected chi connectivity index (χ2v) is 3.06. The SMILES string of the molecule is CCNO/C(C)=C/c1ncnc(O)c1C. The summed E-state index contributed by atoms with van der Waals surface area (Å²) in [6.07, 6.45) is 3.05. The Kier molecular flexibility index (Phi) is 4.05. The van der Waals surface area contributed by atoms with Crippen molar-refractivity contribution < 1.29 is 9.94 Å². The van der Waals surface area contributed by atoms with Gasteiger partial charge in [-0.1, -0.05) is 0 Å². The van der Waals surface area contributed by atoms with E-state index in [1.807, 2.05) is 6.92 Å². The Hall–Kier alpha value is -1.62. The average Bonchev–Trinajstić information content (AvgIpc) is 2.22. The van der Waals surface area contributed by atoms with Crippen molar-refractivity contribution in [2.75, 3.05) is 6.54 Å². The van der Waals surface area contributed by atoms with Gasteiger partial charge in [0.05, 0.1) is 5.69 Å². The van der Waals surface area contributed by atoms with Crippen molar-refractivity contribution in [2.24, 2.45) is 0 Å². The highest BCUT2D eigenvalue weighted by atomic mass is 16.6. The second-order valence-electron chi connectivity index (χ2n) is 3.06. The van der Waals surface area contributed by atoms with E-state index in [-0.39, 0.29) is 5.88 Å². The smallest absolute Gasteiger partial charge is 0.217 e. The number of nitrogens with one attached hydrogen (secondary N) is 1. The summed E-state index contributed by atoms with van der Waals surface area (Å²) in [6, 6.07) is 0. The van der Waals surface area contributed by atoms with Gasteiger partial charge in [-0.05, 0) is 20.8 Å². The van der Waals surface area contributed by atoms with Crippen LogP contribution in [0.5, 0.6) is 5.88 Å². The molecule has 0 saturated heterocycles.